The van der Waals surface area contributed by atoms with Crippen molar-refractivity contribution < 1.29 is 4.79 Å². The molecular formula is C9H10N2O. The molecule has 0 atom stereocenters. The molecule has 12 heavy (non-hydrogen) atoms. The molecular weight excluding hydrogens is 152 g/mol. The quantitative estimate of drug-likeness (QED) is 0.523. The second-order valence-corrected chi connectivity index (χ2v) is 2.36. The minimum atomic E-state index is 0.590. The maximum absolute atomic E-state index is 10.4. The summed E-state index contributed by atoms with van der Waals surface area (Å²) in [6.45, 7) is 0. The van der Waals surface area contributed by atoms with E-state index in [9.17, 15) is 4.79 Å². The van der Waals surface area contributed by atoms with Gasteiger partial charge in [-0.25, -0.2) is 0 Å². The molecule has 0 radical (unpaired) electrons. The van der Waals surface area contributed by atoms with Crippen molar-refractivity contribution in [2.75, 3.05) is 12.4 Å². The Morgan fingerprint density at radius 1 is 1.50 bits per heavy atom. The van der Waals surface area contributed by atoms with Crippen molar-refractivity contribution in [2.45, 2.75) is 0 Å². The monoisotopic (exact) mass is 162 g/mol. The van der Waals surface area contributed by atoms with Crippen molar-refractivity contribution in [3.8, 4) is 0 Å². The van der Waals surface area contributed by atoms with Gasteiger partial charge in [0.25, 0.3) is 0 Å². The maximum atomic E-state index is 10.4. The van der Waals surface area contributed by atoms with E-state index in [4.69, 9.17) is 5.41 Å². The van der Waals surface area contributed by atoms with E-state index < -0.39 is 0 Å². The number of carbonyl (C=O) groups excluding carboxylic acids is 1. The van der Waals surface area contributed by atoms with Crippen LogP contribution < -0.4 is 5.32 Å². The Morgan fingerprint density at radius 3 is 2.75 bits per heavy atom. The molecule has 0 spiro atoms. The van der Waals surface area contributed by atoms with E-state index in [0.717, 1.165) is 17.5 Å². The van der Waals surface area contributed by atoms with Crippen LogP contribution in [0.5, 0.6) is 0 Å². The van der Waals surface area contributed by atoms with Crippen LogP contribution in [0.4, 0.5) is 5.69 Å². The maximum Gasteiger partial charge on any atom is 0.150 e. The van der Waals surface area contributed by atoms with Gasteiger partial charge >= 0.3 is 0 Å². The molecule has 0 saturated carbocycles. The Morgan fingerprint density at radius 2 is 2.25 bits per heavy atom. The summed E-state index contributed by atoms with van der Waals surface area (Å²) >= 11 is 0. The SMILES string of the molecule is CNc1ccc(C=O)cc1C=N. The van der Waals surface area contributed by atoms with Crippen LogP contribution in [-0.2, 0) is 0 Å². The Bertz CT molecular complexity index is 307. The summed E-state index contributed by atoms with van der Waals surface area (Å²) in [6, 6.07) is 5.17. The Kier molecular flexibility index (Phi) is 2.58. The molecule has 0 aliphatic heterocycles. The van der Waals surface area contributed by atoms with E-state index in [1.165, 1.54) is 6.21 Å². The van der Waals surface area contributed by atoms with Gasteiger partial charge in [0.05, 0.1) is 0 Å². The van der Waals surface area contributed by atoms with Gasteiger partial charge in [-0.05, 0) is 18.2 Å². The normalized spacial score (nSPS) is 9.08. The lowest BCUT2D eigenvalue weighted by Crippen LogP contribution is -1.95. The number of hydrogen-bond acceptors (Lipinski definition) is 3. The second kappa shape index (κ2) is 3.67. The van der Waals surface area contributed by atoms with Gasteiger partial charge in [0.15, 0.2) is 0 Å². The summed E-state index contributed by atoms with van der Waals surface area (Å²) in [4.78, 5) is 10.4. The van der Waals surface area contributed by atoms with E-state index in [1.54, 1.807) is 25.2 Å². The summed E-state index contributed by atoms with van der Waals surface area (Å²) in [5.41, 5.74) is 2.17. The molecule has 0 saturated heterocycles. The highest BCUT2D eigenvalue weighted by Gasteiger charge is 1.98. The second-order valence-electron chi connectivity index (χ2n) is 2.36. The fraction of sp³-hybridized carbons (Fsp3) is 0.111. The zero-order valence-corrected chi connectivity index (χ0v) is 6.79. The number of aldehydes is 1. The molecule has 0 aromatic heterocycles. The average molecular weight is 162 g/mol. The van der Waals surface area contributed by atoms with Crippen molar-refractivity contribution >= 4 is 18.2 Å². The molecule has 0 amide bonds. The van der Waals surface area contributed by atoms with Gasteiger partial charge in [-0.1, -0.05) is 0 Å². The van der Waals surface area contributed by atoms with Crippen LogP contribution in [0.3, 0.4) is 0 Å². The number of carbonyl (C=O) groups is 1. The van der Waals surface area contributed by atoms with Crippen LogP contribution in [0.1, 0.15) is 15.9 Å². The van der Waals surface area contributed by atoms with Gasteiger partial charge < -0.3 is 10.7 Å². The van der Waals surface area contributed by atoms with Crippen LogP contribution >= 0.6 is 0 Å². The van der Waals surface area contributed by atoms with Gasteiger partial charge in [0.2, 0.25) is 0 Å². The zero-order chi connectivity index (χ0) is 8.97. The van der Waals surface area contributed by atoms with Gasteiger partial charge in [-0.15, -0.1) is 0 Å². The third-order valence-electron chi connectivity index (χ3n) is 1.64. The number of nitrogens with one attached hydrogen (secondary N) is 2. The van der Waals surface area contributed by atoms with Gasteiger partial charge in [-0.3, -0.25) is 4.79 Å². The smallest absolute Gasteiger partial charge is 0.150 e. The first-order valence-corrected chi connectivity index (χ1v) is 3.59. The highest BCUT2D eigenvalue weighted by atomic mass is 16.1. The molecule has 0 heterocycles. The van der Waals surface area contributed by atoms with E-state index >= 15 is 0 Å². The number of benzene rings is 1. The van der Waals surface area contributed by atoms with Crippen molar-refractivity contribution in [2.24, 2.45) is 0 Å². The molecule has 62 valence electrons. The molecule has 1 rings (SSSR count). The average Bonchev–Trinajstić information content (AvgIpc) is 2.16. The summed E-state index contributed by atoms with van der Waals surface area (Å²) in [6.07, 6.45) is 1.99. The van der Waals surface area contributed by atoms with E-state index in [-0.39, 0.29) is 0 Å². The lowest BCUT2D eigenvalue weighted by Gasteiger charge is -2.03. The van der Waals surface area contributed by atoms with Crippen LogP contribution in [0.2, 0.25) is 0 Å². The first-order chi connectivity index (χ1) is 5.81. The standard InChI is InChI=1S/C9H10N2O/c1-11-9-3-2-7(6-12)4-8(9)5-10/h2-6,10-11H,1H3. The molecule has 0 fully saturated rings. The van der Waals surface area contributed by atoms with Crippen molar-refractivity contribution in [3.63, 3.8) is 0 Å². The fourth-order valence-corrected chi connectivity index (χ4v) is 1.00. The lowest BCUT2D eigenvalue weighted by molar-refractivity contribution is 0.112. The van der Waals surface area contributed by atoms with Gasteiger partial charge in [0, 0.05) is 30.1 Å². The van der Waals surface area contributed by atoms with Gasteiger partial charge in [0.1, 0.15) is 6.29 Å². The Balaban J connectivity index is 3.18. The topological polar surface area (TPSA) is 53.0 Å². The predicted octanol–water partition coefficient (Wildman–Crippen LogP) is 1.54. The molecule has 0 bridgehead atoms. The summed E-state index contributed by atoms with van der Waals surface area (Å²) < 4.78 is 0. The molecule has 1 aromatic rings. The highest BCUT2D eigenvalue weighted by molar-refractivity contribution is 5.89. The van der Waals surface area contributed by atoms with Crippen molar-refractivity contribution in [1.29, 1.82) is 5.41 Å². The minimum absolute atomic E-state index is 0.590. The number of anilines is 1. The van der Waals surface area contributed by atoms with E-state index in [0.29, 0.717) is 5.56 Å². The van der Waals surface area contributed by atoms with Crippen LogP contribution in [-0.4, -0.2) is 19.5 Å². The largest absolute Gasteiger partial charge is 0.388 e. The summed E-state index contributed by atoms with van der Waals surface area (Å²) in [5, 5.41) is 10.0. The Labute approximate surface area is 70.9 Å². The first kappa shape index (κ1) is 8.46. The minimum Gasteiger partial charge on any atom is -0.388 e. The molecule has 1 aromatic carbocycles. The lowest BCUT2D eigenvalue weighted by atomic mass is 10.1. The highest BCUT2D eigenvalue weighted by Crippen LogP contribution is 2.13. The van der Waals surface area contributed by atoms with Crippen molar-refractivity contribution in [1.82, 2.24) is 0 Å². The number of rotatable bonds is 3. The Hall–Kier alpha value is -1.64. The molecule has 2 N–H and O–H groups in total. The molecule has 3 heteroatoms. The molecule has 0 aliphatic carbocycles. The zero-order valence-electron chi connectivity index (χ0n) is 6.79. The van der Waals surface area contributed by atoms with E-state index in [1.807, 2.05) is 0 Å². The molecule has 0 unspecified atom stereocenters. The first-order valence-electron chi connectivity index (χ1n) is 3.59. The van der Waals surface area contributed by atoms with Crippen LogP contribution in [0.15, 0.2) is 18.2 Å². The predicted molar refractivity (Wildman–Crippen MR) is 49.3 cm³/mol. The van der Waals surface area contributed by atoms with Gasteiger partial charge in [-0.2, -0.15) is 0 Å². The van der Waals surface area contributed by atoms with Crippen LogP contribution in [0, 0.1) is 5.41 Å². The third-order valence-corrected chi connectivity index (χ3v) is 1.64. The third kappa shape index (κ3) is 1.50. The molecule has 0 aliphatic rings. The summed E-state index contributed by atoms with van der Waals surface area (Å²) in [7, 11) is 1.78. The summed E-state index contributed by atoms with van der Waals surface area (Å²) in [5.74, 6) is 0. The van der Waals surface area contributed by atoms with Crippen LogP contribution in [0.25, 0.3) is 0 Å². The number of hydrogen-bond donors (Lipinski definition) is 2. The molecule has 3 nitrogen and oxygen atoms in total. The fourth-order valence-electron chi connectivity index (χ4n) is 1.00. The van der Waals surface area contributed by atoms with Crippen molar-refractivity contribution in [3.05, 3.63) is 29.3 Å². The van der Waals surface area contributed by atoms with E-state index in [2.05, 4.69) is 5.32 Å².